The van der Waals surface area contributed by atoms with Gasteiger partial charge in [0.2, 0.25) is 0 Å². The van der Waals surface area contributed by atoms with E-state index in [0.29, 0.717) is 30.1 Å². The Balaban J connectivity index is 1.34. The molecule has 32 heavy (non-hydrogen) atoms. The van der Waals surface area contributed by atoms with Gasteiger partial charge in [-0.2, -0.15) is 0 Å². The molecule has 13 atom stereocenters. The Bertz CT molecular complexity index is 805. The fourth-order valence-corrected chi connectivity index (χ4v) is 9.95. The highest BCUT2D eigenvalue weighted by molar-refractivity contribution is 5.30. The van der Waals surface area contributed by atoms with Crippen LogP contribution in [0.2, 0.25) is 0 Å². The van der Waals surface area contributed by atoms with Crippen LogP contribution in [0.5, 0.6) is 0 Å². The summed E-state index contributed by atoms with van der Waals surface area (Å²) in [6, 6.07) is 0. The van der Waals surface area contributed by atoms with E-state index in [1.165, 1.54) is 12.0 Å². The van der Waals surface area contributed by atoms with Gasteiger partial charge in [0, 0.05) is 12.5 Å². The lowest BCUT2D eigenvalue weighted by Gasteiger charge is -2.61. The summed E-state index contributed by atoms with van der Waals surface area (Å²) in [4.78, 5) is 0. The van der Waals surface area contributed by atoms with Gasteiger partial charge in [-0.15, -0.1) is 0 Å². The molecule has 5 heteroatoms. The largest absolute Gasteiger partial charge is 0.393 e. The summed E-state index contributed by atoms with van der Waals surface area (Å²) in [6.45, 7) is 10.4. The van der Waals surface area contributed by atoms with E-state index in [0.717, 1.165) is 38.6 Å². The molecule has 2 heterocycles. The fraction of sp³-hybridized carbons (Fsp3) is 0.926. The zero-order valence-corrected chi connectivity index (χ0v) is 20.3. The van der Waals surface area contributed by atoms with Gasteiger partial charge in [-0.1, -0.05) is 39.3 Å². The minimum absolute atomic E-state index is 0.0181. The molecule has 6 rings (SSSR count). The van der Waals surface area contributed by atoms with Crippen molar-refractivity contribution in [3.8, 4) is 0 Å². The summed E-state index contributed by atoms with van der Waals surface area (Å²) in [5.74, 6) is 2.04. The van der Waals surface area contributed by atoms with Gasteiger partial charge in [-0.25, -0.2) is 0 Å². The predicted octanol–water partition coefficient (Wildman–Crippen LogP) is 3.23. The van der Waals surface area contributed by atoms with E-state index in [1.54, 1.807) is 0 Å². The lowest BCUT2D eigenvalue weighted by Crippen LogP contribution is -2.61. The van der Waals surface area contributed by atoms with Crippen LogP contribution < -0.4 is 5.32 Å². The number of fused-ring (bicyclic) bond motifs is 7. The first-order chi connectivity index (χ1) is 15.1. The Morgan fingerprint density at radius 3 is 2.56 bits per heavy atom. The zero-order valence-electron chi connectivity index (χ0n) is 20.3. The highest BCUT2D eigenvalue weighted by Crippen LogP contribution is 2.70. The maximum absolute atomic E-state index is 11.7. The molecule has 1 spiro atoms. The number of nitrogens with one attached hydrogen (secondary N) is 1. The number of piperidine rings is 1. The van der Waals surface area contributed by atoms with Crippen LogP contribution in [0.25, 0.3) is 0 Å². The van der Waals surface area contributed by atoms with Crippen molar-refractivity contribution in [3.63, 3.8) is 0 Å². The summed E-state index contributed by atoms with van der Waals surface area (Å²) in [6.07, 6.45) is 7.43. The summed E-state index contributed by atoms with van der Waals surface area (Å²) in [5, 5.41) is 37.2. The van der Waals surface area contributed by atoms with E-state index in [-0.39, 0.29) is 40.6 Å². The number of aliphatic hydroxyl groups is 3. The first kappa shape index (κ1) is 22.0. The SMILES string of the molecule is CC1CCC2(NC1)OC1CC3C4C(O)C=C5CC(O)CCC5(C)C4C(O)CC3(C)C1C2C. The maximum Gasteiger partial charge on any atom is 0.122 e. The van der Waals surface area contributed by atoms with Crippen molar-refractivity contribution < 1.29 is 20.1 Å². The second kappa shape index (κ2) is 7.04. The molecular formula is C27H43NO4. The third-order valence-corrected chi connectivity index (χ3v) is 11.5. The van der Waals surface area contributed by atoms with Crippen molar-refractivity contribution in [3.05, 3.63) is 11.6 Å². The fourth-order valence-electron chi connectivity index (χ4n) is 9.95. The van der Waals surface area contributed by atoms with Crippen molar-refractivity contribution in [1.29, 1.82) is 0 Å². The highest BCUT2D eigenvalue weighted by Gasteiger charge is 2.70. The van der Waals surface area contributed by atoms with E-state index in [9.17, 15) is 15.3 Å². The second-order valence-corrected chi connectivity index (χ2v) is 13.1. The Labute approximate surface area is 193 Å². The topological polar surface area (TPSA) is 82.0 Å². The molecule has 0 aromatic heterocycles. The van der Waals surface area contributed by atoms with Crippen molar-refractivity contribution in [1.82, 2.24) is 5.32 Å². The third-order valence-electron chi connectivity index (χ3n) is 11.5. The molecule has 0 aromatic carbocycles. The zero-order chi connectivity index (χ0) is 22.6. The molecule has 13 unspecified atom stereocenters. The van der Waals surface area contributed by atoms with Crippen LogP contribution in [0.4, 0.5) is 0 Å². The number of hydrogen-bond donors (Lipinski definition) is 4. The average Bonchev–Trinajstić information content (AvgIpc) is 3.16. The molecule has 5 fully saturated rings. The normalized spacial score (nSPS) is 61.5. The summed E-state index contributed by atoms with van der Waals surface area (Å²) in [7, 11) is 0. The van der Waals surface area contributed by atoms with E-state index >= 15 is 0 Å². The van der Waals surface area contributed by atoms with Gasteiger partial charge in [-0.05, 0) is 85.4 Å². The predicted molar refractivity (Wildman–Crippen MR) is 123 cm³/mol. The first-order valence-corrected chi connectivity index (χ1v) is 13.3. The smallest absolute Gasteiger partial charge is 0.122 e. The van der Waals surface area contributed by atoms with E-state index in [4.69, 9.17) is 4.74 Å². The van der Waals surface area contributed by atoms with Crippen LogP contribution in [-0.4, -0.2) is 52.0 Å². The van der Waals surface area contributed by atoms with Crippen molar-refractivity contribution in [2.75, 3.05) is 6.54 Å². The number of ether oxygens (including phenoxy) is 1. The molecular weight excluding hydrogens is 402 g/mol. The molecule has 2 aliphatic heterocycles. The van der Waals surface area contributed by atoms with Crippen LogP contribution >= 0.6 is 0 Å². The summed E-state index contributed by atoms with van der Waals surface area (Å²) < 4.78 is 6.90. The quantitative estimate of drug-likeness (QED) is 0.431. The standard InChI is InChI=1S/C27H43NO4/c1-14-5-8-27(28-13-14)15(2)23-21(32-27)11-18-22-19(30)10-16-9-17(29)6-7-25(16,3)24(22)20(31)12-26(18,23)4/h10,14-15,17-24,28-31H,5-9,11-13H2,1-4H3. The molecule has 5 nitrogen and oxygen atoms in total. The van der Waals surface area contributed by atoms with Gasteiger partial charge in [0.05, 0.1) is 24.4 Å². The van der Waals surface area contributed by atoms with Gasteiger partial charge < -0.3 is 20.1 Å². The van der Waals surface area contributed by atoms with Crippen LogP contribution in [0.15, 0.2) is 11.6 Å². The maximum atomic E-state index is 11.7. The van der Waals surface area contributed by atoms with Crippen LogP contribution in [-0.2, 0) is 4.74 Å². The minimum Gasteiger partial charge on any atom is -0.393 e. The molecule has 4 aliphatic carbocycles. The van der Waals surface area contributed by atoms with Crippen molar-refractivity contribution in [2.45, 2.75) is 103 Å². The lowest BCUT2D eigenvalue weighted by molar-refractivity contribution is -0.162. The molecule has 0 aromatic rings. The van der Waals surface area contributed by atoms with Crippen LogP contribution in [0, 0.1) is 46.3 Å². The first-order valence-electron chi connectivity index (χ1n) is 13.3. The third kappa shape index (κ3) is 2.75. The molecule has 4 N–H and O–H groups in total. The summed E-state index contributed by atoms with van der Waals surface area (Å²) >= 11 is 0. The molecule has 2 saturated heterocycles. The Morgan fingerprint density at radius 2 is 1.84 bits per heavy atom. The van der Waals surface area contributed by atoms with Crippen molar-refractivity contribution >= 4 is 0 Å². The van der Waals surface area contributed by atoms with Crippen LogP contribution in [0.3, 0.4) is 0 Å². The van der Waals surface area contributed by atoms with Gasteiger partial charge in [0.1, 0.15) is 5.72 Å². The molecule has 3 saturated carbocycles. The Kier molecular flexibility index (Phi) is 4.84. The monoisotopic (exact) mass is 445 g/mol. The van der Waals surface area contributed by atoms with Crippen LogP contribution in [0.1, 0.15) is 72.6 Å². The second-order valence-electron chi connectivity index (χ2n) is 13.1. The van der Waals surface area contributed by atoms with Gasteiger partial charge in [0.15, 0.2) is 0 Å². The molecule has 6 aliphatic rings. The Hall–Kier alpha value is -0.460. The molecule has 0 radical (unpaired) electrons. The van der Waals surface area contributed by atoms with Crippen molar-refractivity contribution in [2.24, 2.45) is 46.3 Å². The number of hydrogen-bond acceptors (Lipinski definition) is 5. The minimum atomic E-state index is -0.538. The molecule has 0 bridgehead atoms. The highest BCUT2D eigenvalue weighted by atomic mass is 16.5. The average molecular weight is 446 g/mol. The van der Waals surface area contributed by atoms with Gasteiger partial charge >= 0.3 is 0 Å². The Morgan fingerprint density at radius 1 is 1.06 bits per heavy atom. The number of aliphatic hydroxyl groups excluding tert-OH is 3. The summed E-state index contributed by atoms with van der Waals surface area (Å²) in [5.41, 5.74) is 0.836. The van der Waals surface area contributed by atoms with Gasteiger partial charge in [0.25, 0.3) is 0 Å². The van der Waals surface area contributed by atoms with E-state index in [1.807, 2.05) is 0 Å². The van der Waals surface area contributed by atoms with E-state index < -0.39 is 12.2 Å². The molecule has 180 valence electrons. The number of rotatable bonds is 0. The molecule has 0 amide bonds. The van der Waals surface area contributed by atoms with Gasteiger partial charge in [-0.3, -0.25) is 5.32 Å². The van der Waals surface area contributed by atoms with E-state index in [2.05, 4.69) is 39.1 Å². The lowest BCUT2D eigenvalue weighted by atomic mass is 9.45.